The quantitative estimate of drug-likeness (QED) is 0.220. The van der Waals surface area contributed by atoms with E-state index in [4.69, 9.17) is 27.9 Å². The first-order valence-corrected chi connectivity index (χ1v) is 13.2. The summed E-state index contributed by atoms with van der Waals surface area (Å²) in [6.45, 7) is 0.852. The van der Waals surface area contributed by atoms with Crippen LogP contribution in [0, 0.1) is 5.82 Å². The molecule has 4 rings (SSSR count). The van der Waals surface area contributed by atoms with Crippen molar-refractivity contribution in [3.63, 3.8) is 0 Å². The second-order valence-electron chi connectivity index (χ2n) is 8.99. The van der Waals surface area contributed by atoms with Crippen LogP contribution in [0.15, 0.2) is 72.9 Å². The van der Waals surface area contributed by atoms with Crippen molar-refractivity contribution in [3.8, 4) is 0 Å². The van der Waals surface area contributed by atoms with E-state index in [0.29, 0.717) is 13.0 Å². The number of rotatable bonds is 11. The molecule has 0 aliphatic rings. The van der Waals surface area contributed by atoms with Gasteiger partial charge in [-0.05, 0) is 47.9 Å². The van der Waals surface area contributed by atoms with Crippen molar-refractivity contribution in [2.45, 2.75) is 13.0 Å². The fourth-order valence-corrected chi connectivity index (χ4v) is 4.71. The monoisotopic (exact) mass is 570 g/mol. The smallest absolute Gasteiger partial charge is 0.322 e. The molecule has 4 aromatic rings. The first-order chi connectivity index (χ1) is 18.9. The molecular formula is C29H29Cl2FN4O3. The van der Waals surface area contributed by atoms with E-state index in [1.807, 2.05) is 30.5 Å². The summed E-state index contributed by atoms with van der Waals surface area (Å²) >= 11 is 12.4. The molecule has 2 N–H and O–H groups in total. The lowest BCUT2D eigenvalue weighted by Crippen LogP contribution is -2.46. The Kier molecular flexibility index (Phi) is 9.81. The maximum absolute atomic E-state index is 13.6. The number of aromatic amines is 1. The van der Waals surface area contributed by atoms with E-state index in [1.54, 1.807) is 35.2 Å². The minimum absolute atomic E-state index is 0.170. The average molecular weight is 571 g/mol. The standard InChI is InChI=1S/C29H29Cl2FN4O3/c1-39-16-15-36(29(38)34-28-24(30)6-4-7-25(28)31)19-27(37)35(18-20-9-11-22(32)12-10-20)14-13-21-17-33-26-8-3-2-5-23(21)26/h2-12,17,33H,13-16,18-19H2,1H3,(H,34,38). The topological polar surface area (TPSA) is 77.7 Å². The molecule has 3 amide bonds. The number of anilines is 1. The molecule has 0 fully saturated rings. The number of H-pyrrole nitrogens is 1. The van der Waals surface area contributed by atoms with Crippen molar-refractivity contribution in [1.82, 2.24) is 14.8 Å². The summed E-state index contributed by atoms with van der Waals surface area (Å²) in [4.78, 5) is 33.1. The Hall–Kier alpha value is -3.59. The molecule has 0 bridgehead atoms. The third-order valence-electron chi connectivity index (χ3n) is 6.34. The third kappa shape index (κ3) is 7.50. The number of nitrogens with one attached hydrogen (secondary N) is 2. The summed E-state index contributed by atoms with van der Waals surface area (Å²) in [7, 11) is 1.52. The lowest BCUT2D eigenvalue weighted by atomic mass is 10.1. The summed E-state index contributed by atoms with van der Waals surface area (Å²) in [5.41, 5.74) is 3.14. The molecule has 7 nitrogen and oxygen atoms in total. The van der Waals surface area contributed by atoms with Crippen LogP contribution in [0.4, 0.5) is 14.9 Å². The molecule has 0 radical (unpaired) electrons. The molecule has 1 heterocycles. The van der Waals surface area contributed by atoms with Crippen LogP contribution in [0.3, 0.4) is 0 Å². The molecular weight excluding hydrogens is 542 g/mol. The van der Waals surface area contributed by atoms with Gasteiger partial charge in [-0.2, -0.15) is 0 Å². The number of amides is 3. The predicted molar refractivity (Wildman–Crippen MR) is 153 cm³/mol. The van der Waals surface area contributed by atoms with Gasteiger partial charge in [0, 0.05) is 43.8 Å². The highest BCUT2D eigenvalue weighted by molar-refractivity contribution is 6.39. The van der Waals surface area contributed by atoms with E-state index in [1.165, 1.54) is 24.1 Å². The number of halogens is 3. The van der Waals surface area contributed by atoms with Crippen molar-refractivity contribution in [2.75, 3.05) is 38.7 Å². The van der Waals surface area contributed by atoms with Gasteiger partial charge in [0.25, 0.3) is 0 Å². The second-order valence-corrected chi connectivity index (χ2v) is 9.81. The van der Waals surface area contributed by atoms with Gasteiger partial charge in [0.05, 0.1) is 22.3 Å². The zero-order valence-electron chi connectivity index (χ0n) is 21.4. The van der Waals surface area contributed by atoms with Gasteiger partial charge in [0.1, 0.15) is 12.4 Å². The maximum Gasteiger partial charge on any atom is 0.322 e. The van der Waals surface area contributed by atoms with Crippen LogP contribution in [-0.2, 0) is 22.5 Å². The Balaban J connectivity index is 1.52. The van der Waals surface area contributed by atoms with Gasteiger partial charge in [-0.15, -0.1) is 0 Å². The van der Waals surface area contributed by atoms with Crippen LogP contribution in [0.5, 0.6) is 0 Å². The maximum atomic E-state index is 13.6. The van der Waals surface area contributed by atoms with Crippen molar-refractivity contribution in [3.05, 3.63) is 99.9 Å². The van der Waals surface area contributed by atoms with Crippen molar-refractivity contribution in [1.29, 1.82) is 0 Å². The Morgan fingerprint density at radius 1 is 0.949 bits per heavy atom. The molecule has 0 spiro atoms. The lowest BCUT2D eigenvalue weighted by molar-refractivity contribution is -0.132. The van der Waals surface area contributed by atoms with E-state index >= 15 is 0 Å². The van der Waals surface area contributed by atoms with Crippen LogP contribution in [0.1, 0.15) is 11.1 Å². The second kappa shape index (κ2) is 13.5. The number of carbonyl (C=O) groups excluding carboxylic acids is 2. The minimum atomic E-state index is -0.534. The summed E-state index contributed by atoms with van der Waals surface area (Å²) in [6.07, 6.45) is 2.54. The molecule has 0 saturated heterocycles. The van der Waals surface area contributed by atoms with Crippen LogP contribution in [0.25, 0.3) is 10.9 Å². The highest BCUT2D eigenvalue weighted by atomic mass is 35.5. The molecule has 204 valence electrons. The average Bonchev–Trinajstić information content (AvgIpc) is 3.35. The summed E-state index contributed by atoms with van der Waals surface area (Å²) < 4.78 is 18.7. The summed E-state index contributed by atoms with van der Waals surface area (Å²) in [6, 6.07) is 18.4. The van der Waals surface area contributed by atoms with Gasteiger partial charge in [0.15, 0.2) is 0 Å². The molecule has 0 saturated carbocycles. The number of methoxy groups -OCH3 is 1. The molecule has 0 unspecified atom stereocenters. The zero-order valence-corrected chi connectivity index (χ0v) is 22.9. The number of para-hydroxylation sites is 2. The van der Waals surface area contributed by atoms with Crippen LogP contribution in [-0.4, -0.2) is 60.1 Å². The number of aromatic nitrogens is 1. The summed E-state index contributed by atoms with van der Waals surface area (Å²) in [5, 5.41) is 4.37. The Morgan fingerprint density at radius 2 is 1.67 bits per heavy atom. The normalized spacial score (nSPS) is 11.0. The van der Waals surface area contributed by atoms with Gasteiger partial charge in [0.2, 0.25) is 5.91 Å². The highest BCUT2D eigenvalue weighted by Gasteiger charge is 2.23. The van der Waals surface area contributed by atoms with E-state index < -0.39 is 6.03 Å². The van der Waals surface area contributed by atoms with Crippen molar-refractivity contribution >= 4 is 51.7 Å². The largest absolute Gasteiger partial charge is 0.383 e. The molecule has 0 aliphatic carbocycles. The Labute approximate surface area is 236 Å². The number of nitrogens with zero attached hydrogens (tertiary/aromatic N) is 2. The number of carbonyl (C=O) groups is 2. The number of urea groups is 1. The van der Waals surface area contributed by atoms with Gasteiger partial charge in [-0.1, -0.05) is 59.6 Å². The van der Waals surface area contributed by atoms with E-state index in [-0.39, 0.29) is 53.7 Å². The molecule has 0 aliphatic heterocycles. The number of benzene rings is 3. The first kappa shape index (κ1) is 28.4. The summed E-state index contributed by atoms with van der Waals surface area (Å²) in [5.74, 6) is -0.619. The highest BCUT2D eigenvalue weighted by Crippen LogP contribution is 2.30. The van der Waals surface area contributed by atoms with Gasteiger partial charge in [-0.3, -0.25) is 4.79 Å². The molecule has 39 heavy (non-hydrogen) atoms. The van der Waals surface area contributed by atoms with E-state index in [0.717, 1.165) is 22.0 Å². The predicted octanol–water partition coefficient (Wildman–Crippen LogP) is 6.37. The molecule has 0 atom stereocenters. The van der Waals surface area contributed by atoms with Crippen LogP contribution >= 0.6 is 23.2 Å². The lowest BCUT2D eigenvalue weighted by Gasteiger charge is -2.28. The van der Waals surface area contributed by atoms with E-state index in [9.17, 15) is 14.0 Å². The third-order valence-corrected chi connectivity index (χ3v) is 6.97. The van der Waals surface area contributed by atoms with Crippen molar-refractivity contribution in [2.24, 2.45) is 0 Å². The van der Waals surface area contributed by atoms with Crippen molar-refractivity contribution < 1.29 is 18.7 Å². The van der Waals surface area contributed by atoms with Crippen LogP contribution < -0.4 is 5.32 Å². The molecule has 10 heteroatoms. The molecule has 3 aromatic carbocycles. The Bertz CT molecular complexity index is 1410. The number of fused-ring (bicyclic) bond motifs is 1. The fourth-order valence-electron chi connectivity index (χ4n) is 4.22. The SMILES string of the molecule is COCCN(CC(=O)N(CCc1c[nH]c2ccccc12)Cc1ccc(F)cc1)C(=O)Nc1c(Cl)cccc1Cl. The first-order valence-electron chi connectivity index (χ1n) is 12.4. The Morgan fingerprint density at radius 3 is 2.38 bits per heavy atom. The molecule has 1 aromatic heterocycles. The minimum Gasteiger partial charge on any atom is -0.383 e. The fraction of sp³-hybridized carbons (Fsp3) is 0.241. The zero-order chi connectivity index (χ0) is 27.8. The van der Waals surface area contributed by atoms with E-state index in [2.05, 4.69) is 10.3 Å². The number of hydrogen-bond donors (Lipinski definition) is 2. The van der Waals surface area contributed by atoms with Gasteiger partial charge >= 0.3 is 6.03 Å². The van der Waals surface area contributed by atoms with Gasteiger partial charge < -0.3 is 24.8 Å². The van der Waals surface area contributed by atoms with Crippen LogP contribution in [0.2, 0.25) is 10.0 Å². The van der Waals surface area contributed by atoms with Gasteiger partial charge in [-0.25, -0.2) is 9.18 Å². The number of ether oxygens (including phenoxy) is 1. The number of hydrogen-bond acceptors (Lipinski definition) is 3.